The standard InChI is InChI=1S/C32H20N6/c1-3-11-21-19(9-1)17-27-29(33-21)31-35-24-14-6-8-16-26(24)38(31)28-18-20-10-2-4-12-22(20)34-30(28)32-36-23-13-5-7-15-25(23)37(27)32/h1-18,21,33H. The predicted molar refractivity (Wildman–Crippen MR) is 154 cm³/mol. The summed E-state index contributed by atoms with van der Waals surface area (Å²) in [7, 11) is 0. The van der Waals surface area contributed by atoms with Crippen molar-refractivity contribution in [2.45, 2.75) is 6.04 Å². The number of benzene rings is 3. The molecule has 0 spiro atoms. The fourth-order valence-electron chi connectivity index (χ4n) is 5.95. The number of hydrogen-bond acceptors (Lipinski definition) is 4. The molecule has 7 aromatic rings. The Bertz CT molecular complexity index is 2280. The van der Waals surface area contributed by atoms with Gasteiger partial charge in [-0.05, 0) is 48.0 Å². The van der Waals surface area contributed by atoms with E-state index in [-0.39, 0.29) is 6.04 Å². The molecule has 1 aliphatic heterocycles. The predicted octanol–water partition coefficient (Wildman–Crippen LogP) is 6.86. The topological polar surface area (TPSA) is 59.5 Å². The molecule has 9 rings (SSSR count). The van der Waals surface area contributed by atoms with Gasteiger partial charge in [0, 0.05) is 5.39 Å². The smallest absolute Gasteiger partial charge is 0.166 e. The first-order chi connectivity index (χ1) is 18.8. The van der Waals surface area contributed by atoms with Crippen LogP contribution in [0, 0.1) is 0 Å². The number of pyridine rings is 1. The van der Waals surface area contributed by atoms with Gasteiger partial charge in [-0.25, -0.2) is 15.0 Å². The van der Waals surface area contributed by atoms with Gasteiger partial charge >= 0.3 is 0 Å². The second kappa shape index (κ2) is 7.17. The third-order valence-corrected chi connectivity index (χ3v) is 7.66. The molecule has 1 atom stereocenters. The first kappa shape index (κ1) is 19.9. The van der Waals surface area contributed by atoms with Crippen molar-refractivity contribution < 1.29 is 0 Å². The van der Waals surface area contributed by atoms with E-state index in [0.717, 1.165) is 66.7 Å². The Balaban J connectivity index is 1.66. The Morgan fingerprint density at radius 2 is 1.37 bits per heavy atom. The number of imidazole rings is 2. The van der Waals surface area contributed by atoms with Gasteiger partial charge < -0.3 is 5.32 Å². The number of nitrogens with zero attached hydrogens (tertiary/aromatic N) is 5. The molecule has 0 saturated heterocycles. The van der Waals surface area contributed by atoms with E-state index < -0.39 is 0 Å². The fraction of sp³-hybridized carbons (Fsp3) is 0.0312. The minimum absolute atomic E-state index is 0.0684. The molecule has 3 aromatic carbocycles. The summed E-state index contributed by atoms with van der Waals surface area (Å²) in [6.45, 7) is 0. The summed E-state index contributed by atoms with van der Waals surface area (Å²) in [5.74, 6) is 0. The molecule has 0 fully saturated rings. The maximum absolute atomic E-state index is 5.24. The zero-order valence-electron chi connectivity index (χ0n) is 20.2. The largest absolute Gasteiger partial charge is 0.370 e. The molecule has 1 unspecified atom stereocenters. The normalized spacial score (nSPS) is 16.3. The van der Waals surface area contributed by atoms with Crippen molar-refractivity contribution in [1.29, 1.82) is 0 Å². The third kappa shape index (κ3) is 2.58. The molecule has 6 nitrogen and oxygen atoms in total. The van der Waals surface area contributed by atoms with Gasteiger partial charge in [0.25, 0.3) is 0 Å². The summed E-state index contributed by atoms with van der Waals surface area (Å²) >= 11 is 0. The molecule has 1 aliphatic carbocycles. The summed E-state index contributed by atoms with van der Waals surface area (Å²) in [5.41, 5.74) is 11.5. The number of hydrogen-bond donors (Lipinski definition) is 1. The first-order valence-electron chi connectivity index (χ1n) is 12.8. The molecule has 0 bridgehead atoms. The van der Waals surface area contributed by atoms with Crippen LogP contribution in [0.3, 0.4) is 0 Å². The third-order valence-electron chi connectivity index (χ3n) is 7.66. The Morgan fingerprint density at radius 1 is 0.658 bits per heavy atom. The van der Waals surface area contributed by atoms with Gasteiger partial charge in [-0.3, -0.25) is 8.80 Å². The maximum atomic E-state index is 5.24. The quantitative estimate of drug-likeness (QED) is 0.253. The second-order valence-electron chi connectivity index (χ2n) is 9.84. The van der Waals surface area contributed by atoms with Crippen LogP contribution in [0.2, 0.25) is 0 Å². The van der Waals surface area contributed by atoms with E-state index in [1.165, 1.54) is 5.57 Å². The average molecular weight is 489 g/mol. The SMILES string of the molecule is C1=CC2=Cc3c(c4nc5ccccc5n4c4cc5ccccc5nc4c4nc5ccccc5n34)NC2C=C1. The number of rotatable bonds is 0. The van der Waals surface area contributed by atoms with E-state index in [9.17, 15) is 0 Å². The van der Waals surface area contributed by atoms with Crippen LogP contribution < -0.4 is 5.32 Å². The maximum Gasteiger partial charge on any atom is 0.166 e. The monoisotopic (exact) mass is 488 g/mol. The first-order valence-corrected chi connectivity index (χ1v) is 12.8. The Labute approximate surface area is 216 Å². The van der Waals surface area contributed by atoms with Crippen LogP contribution in [0.4, 0.5) is 5.69 Å². The Kier molecular flexibility index (Phi) is 3.75. The summed E-state index contributed by atoms with van der Waals surface area (Å²) in [4.78, 5) is 15.6. The van der Waals surface area contributed by atoms with E-state index in [1.54, 1.807) is 0 Å². The number of aromatic nitrogens is 5. The lowest BCUT2D eigenvalue weighted by molar-refractivity contribution is 1.02. The highest BCUT2D eigenvalue weighted by molar-refractivity contribution is 6.04. The molecule has 1 N–H and O–H groups in total. The summed E-state index contributed by atoms with van der Waals surface area (Å²) in [5, 5.41) is 4.90. The van der Waals surface area contributed by atoms with Gasteiger partial charge in [-0.15, -0.1) is 0 Å². The van der Waals surface area contributed by atoms with Crippen LogP contribution in [0.25, 0.3) is 61.4 Å². The van der Waals surface area contributed by atoms with Crippen molar-refractivity contribution in [3.63, 3.8) is 0 Å². The molecule has 0 radical (unpaired) electrons. The molecule has 6 heteroatoms. The van der Waals surface area contributed by atoms with Crippen molar-refractivity contribution in [2.75, 3.05) is 5.32 Å². The molecular weight excluding hydrogens is 468 g/mol. The van der Waals surface area contributed by atoms with Crippen LogP contribution in [0.1, 0.15) is 5.69 Å². The van der Waals surface area contributed by atoms with Gasteiger partial charge in [-0.2, -0.15) is 0 Å². The van der Waals surface area contributed by atoms with Crippen LogP contribution in [-0.2, 0) is 0 Å². The summed E-state index contributed by atoms with van der Waals surface area (Å²) in [6.07, 6.45) is 10.8. The minimum Gasteiger partial charge on any atom is -0.370 e. The van der Waals surface area contributed by atoms with E-state index in [4.69, 9.17) is 15.0 Å². The van der Waals surface area contributed by atoms with Gasteiger partial charge in [0.2, 0.25) is 0 Å². The highest BCUT2D eigenvalue weighted by atomic mass is 15.1. The molecule has 0 amide bonds. The highest BCUT2D eigenvalue weighted by Gasteiger charge is 2.25. The number of allylic oxidation sites excluding steroid dienone is 2. The van der Waals surface area contributed by atoms with Crippen LogP contribution >= 0.6 is 0 Å². The lowest BCUT2D eigenvalue weighted by Gasteiger charge is -2.26. The van der Waals surface area contributed by atoms with Crippen LogP contribution in [0.5, 0.6) is 0 Å². The zero-order chi connectivity index (χ0) is 24.8. The molecular formula is C32H20N6. The number of nitrogens with one attached hydrogen (secondary N) is 1. The van der Waals surface area contributed by atoms with Crippen molar-refractivity contribution >= 4 is 67.1 Å². The van der Waals surface area contributed by atoms with Gasteiger partial charge in [0.05, 0.1) is 44.8 Å². The van der Waals surface area contributed by atoms with Crippen LogP contribution in [0.15, 0.2) is 109 Å². The molecule has 2 aliphatic rings. The van der Waals surface area contributed by atoms with Crippen molar-refractivity contribution in [3.8, 4) is 0 Å². The molecule has 4 aromatic heterocycles. The highest BCUT2D eigenvalue weighted by Crippen LogP contribution is 2.37. The lowest BCUT2D eigenvalue weighted by Crippen LogP contribution is -2.24. The zero-order valence-corrected chi connectivity index (χ0v) is 20.2. The summed E-state index contributed by atoms with van der Waals surface area (Å²) in [6, 6.07) is 27.2. The Hall–Kier alpha value is -5.23. The van der Waals surface area contributed by atoms with Crippen LogP contribution in [-0.4, -0.2) is 29.8 Å². The van der Waals surface area contributed by atoms with Gasteiger partial charge in [0.15, 0.2) is 11.3 Å². The fourth-order valence-corrected chi connectivity index (χ4v) is 5.95. The molecule has 38 heavy (non-hydrogen) atoms. The van der Waals surface area contributed by atoms with Crippen molar-refractivity contribution in [2.24, 2.45) is 0 Å². The number of fused-ring (bicyclic) bond motifs is 14. The van der Waals surface area contributed by atoms with Gasteiger partial charge in [-0.1, -0.05) is 66.8 Å². The van der Waals surface area contributed by atoms with E-state index in [2.05, 4.69) is 105 Å². The molecule has 0 saturated carbocycles. The van der Waals surface area contributed by atoms with E-state index in [1.807, 2.05) is 18.2 Å². The lowest BCUT2D eigenvalue weighted by atomic mass is 9.97. The molecule has 178 valence electrons. The van der Waals surface area contributed by atoms with Gasteiger partial charge in [0.1, 0.15) is 11.2 Å². The van der Waals surface area contributed by atoms with E-state index >= 15 is 0 Å². The molecule has 5 heterocycles. The summed E-state index contributed by atoms with van der Waals surface area (Å²) < 4.78 is 4.49. The average Bonchev–Trinajstić information content (AvgIpc) is 3.54. The number of para-hydroxylation sites is 5. The van der Waals surface area contributed by atoms with Crippen molar-refractivity contribution in [3.05, 3.63) is 114 Å². The van der Waals surface area contributed by atoms with E-state index in [0.29, 0.717) is 0 Å². The second-order valence-corrected chi connectivity index (χ2v) is 9.84. The minimum atomic E-state index is 0.0684. The number of anilines is 1. The van der Waals surface area contributed by atoms with Crippen molar-refractivity contribution in [1.82, 2.24) is 23.8 Å². The Morgan fingerprint density at radius 3 is 2.21 bits per heavy atom.